The number of hydrogen-bond acceptors (Lipinski definition) is 1. The van der Waals surface area contributed by atoms with Crippen LogP contribution in [-0.4, -0.2) is 10.7 Å². The standard InChI is InChI=1S/C10H22O/c1-6-10(5,7-2)8-9(3,4)11/h11H,6-8H2,1-5H3. The molecule has 0 saturated carbocycles. The second kappa shape index (κ2) is 3.57. The van der Waals surface area contributed by atoms with Gasteiger partial charge in [0.2, 0.25) is 0 Å². The fourth-order valence-corrected chi connectivity index (χ4v) is 1.54. The molecule has 0 atom stereocenters. The van der Waals surface area contributed by atoms with Gasteiger partial charge in [-0.3, -0.25) is 0 Å². The predicted octanol–water partition coefficient (Wildman–Crippen LogP) is 2.97. The first-order valence-electron chi connectivity index (χ1n) is 4.55. The fourth-order valence-electron chi connectivity index (χ4n) is 1.54. The van der Waals surface area contributed by atoms with Gasteiger partial charge in [-0.1, -0.05) is 33.6 Å². The Hall–Kier alpha value is -0.0400. The molecule has 0 rings (SSSR count). The SMILES string of the molecule is CCC(C)(CC)CC(C)(C)O. The lowest BCUT2D eigenvalue weighted by Gasteiger charge is -2.33. The van der Waals surface area contributed by atoms with E-state index in [0.717, 1.165) is 19.3 Å². The quantitative estimate of drug-likeness (QED) is 0.667. The maximum Gasteiger partial charge on any atom is 0.0596 e. The third kappa shape index (κ3) is 4.41. The van der Waals surface area contributed by atoms with Crippen molar-refractivity contribution in [2.45, 2.75) is 59.5 Å². The Morgan fingerprint density at radius 2 is 1.36 bits per heavy atom. The zero-order valence-corrected chi connectivity index (χ0v) is 8.57. The molecule has 0 saturated heterocycles. The number of aliphatic hydroxyl groups is 1. The van der Waals surface area contributed by atoms with Crippen molar-refractivity contribution in [1.29, 1.82) is 0 Å². The van der Waals surface area contributed by atoms with E-state index in [9.17, 15) is 5.11 Å². The Morgan fingerprint density at radius 3 is 1.45 bits per heavy atom. The van der Waals surface area contributed by atoms with Crippen LogP contribution >= 0.6 is 0 Å². The van der Waals surface area contributed by atoms with Crippen LogP contribution in [0.15, 0.2) is 0 Å². The molecule has 68 valence electrons. The summed E-state index contributed by atoms with van der Waals surface area (Å²) in [4.78, 5) is 0. The summed E-state index contributed by atoms with van der Waals surface area (Å²) in [5, 5.41) is 9.62. The highest BCUT2D eigenvalue weighted by molar-refractivity contribution is 4.79. The lowest BCUT2D eigenvalue weighted by atomic mass is 9.76. The van der Waals surface area contributed by atoms with E-state index < -0.39 is 5.60 Å². The maximum atomic E-state index is 9.62. The minimum Gasteiger partial charge on any atom is -0.390 e. The molecule has 0 heterocycles. The molecule has 1 heteroatoms. The molecule has 0 aromatic carbocycles. The zero-order valence-electron chi connectivity index (χ0n) is 8.57. The van der Waals surface area contributed by atoms with E-state index in [0.29, 0.717) is 5.41 Å². The Balaban J connectivity index is 4.08. The maximum absolute atomic E-state index is 9.62. The molecule has 0 aliphatic heterocycles. The van der Waals surface area contributed by atoms with Crippen LogP contribution in [0.5, 0.6) is 0 Å². The Labute approximate surface area is 70.8 Å². The average Bonchev–Trinajstić information content (AvgIpc) is 1.84. The van der Waals surface area contributed by atoms with Crippen LogP contribution in [-0.2, 0) is 0 Å². The summed E-state index contributed by atoms with van der Waals surface area (Å²) < 4.78 is 0. The van der Waals surface area contributed by atoms with Gasteiger partial charge >= 0.3 is 0 Å². The Kier molecular flexibility index (Phi) is 3.56. The summed E-state index contributed by atoms with van der Waals surface area (Å²) in [7, 11) is 0. The molecule has 0 radical (unpaired) electrons. The van der Waals surface area contributed by atoms with Crippen molar-refractivity contribution in [3.8, 4) is 0 Å². The molecule has 0 aromatic heterocycles. The largest absolute Gasteiger partial charge is 0.390 e. The minimum atomic E-state index is -0.513. The third-order valence-corrected chi connectivity index (χ3v) is 2.57. The summed E-state index contributed by atoms with van der Waals surface area (Å²) in [5.74, 6) is 0. The van der Waals surface area contributed by atoms with Gasteiger partial charge in [-0.2, -0.15) is 0 Å². The summed E-state index contributed by atoms with van der Waals surface area (Å²) in [6, 6.07) is 0. The molecule has 0 amide bonds. The summed E-state index contributed by atoms with van der Waals surface area (Å²) in [6.07, 6.45) is 3.19. The first kappa shape index (κ1) is 11.0. The van der Waals surface area contributed by atoms with E-state index in [1.807, 2.05) is 13.8 Å². The van der Waals surface area contributed by atoms with Gasteiger partial charge in [0.25, 0.3) is 0 Å². The molecular formula is C10H22O. The van der Waals surface area contributed by atoms with E-state index in [1.54, 1.807) is 0 Å². The topological polar surface area (TPSA) is 20.2 Å². The van der Waals surface area contributed by atoms with E-state index in [4.69, 9.17) is 0 Å². The van der Waals surface area contributed by atoms with Crippen LogP contribution in [0.25, 0.3) is 0 Å². The van der Waals surface area contributed by atoms with Crippen LogP contribution in [0.1, 0.15) is 53.9 Å². The molecule has 0 aromatic rings. The van der Waals surface area contributed by atoms with E-state index in [2.05, 4.69) is 20.8 Å². The van der Waals surface area contributed by atoms with Gasteiger partial charge in [-0.05, 0) is 25.7 Å². The van der Waals surface area contributed by atoms with Gasteiger partial charge in [0, 0.05) is 0 Å². The molecule has 1 N–H and O–H groups in total. The first-order chi connectivity index (χ1) is 4.83. The van der Waals surface area contributed by atoms with Gasteiger partial charge < -0.3 is 5.11 Å². The van der Waals surface area contributed by atoms with Gasteiger partial charge in [0.1, 0.15) is 0 Å². The van der Waals surface area contributed by atoms with Crippen molar-refractivity contribution in [1.82, 2.24) is 0 Å². The lowest BCUT2D eigenvalue weighted by Crippen LogP contribution is -2.29. The van der Waals surface area contributed by atoms with Crippen LogP contribution in [0.2, 0.25) is 0 Å². The highest BCUT2D eigenvalue weighted by Crippen LogP contribution is 2.34. The minimum absolute atomic E-state index is 0.318. The monoisotopic (exact) mass is 158 g/mol. The normalized spacial score (nSPS) is 13.6. The van der Waals surface area contributed by atoms with Crippen molar-refractivity contribution < 1.29 is 5.11 Å². The van der Waals surface area contributed by atoms with Gasteiger partial charge in [0.15, 0.2) is 0 Å². The second-order valence-electron chi connectivity index (χ2n) is 4.51. The highest BCUT2D eigenvalue weighted by atomic mass is 16.3. The number of rotatable bonds is 4. The fraction of sp³-hybridized carbons (Fsp3) is 1.00. The van der Waals surface area contributed by atoms with Gasteiger partial charge in [-0.25, -0.2) is 0 Å². The Bertz CT molecular complexity index is 107. The van der Waals surface area contributed by atoms with Crippen LogP contribution in [0, 0.1) is 5.41 Å². The summed E-state index contributed by atoms with van der Waals surface area (Å²) >= 11 is 0. The smallest absolute Gasteiger partial charge is 0.0596 e. The molecule has 1 nitrogen and oxygen atoms in total. The van der Waals surface area contributed by atoms with Crippen LogP contribution in [0.4, 0.5) is 0 Å². The predicted molar refractivity (Wildman–Crippen MR) is 49.6 cm³/mol. The lowest BCUT2D eigenvalue weighted by molar-refractivity contribution is 0.0235. The molecule has 0 bridgehead atoms. The van der Waals surface area contributed by atoms with Crippen LogP contribution in [0.3, 0.4) is 0 Å². The molecule has 0 unspecified atom stereocenters. The molecule has 0 spiro atoms. The van der Waals surface area contributed by atoms with Gasteiger partial charge in [-0.15, -0.1) is 0 Å². The van der Waals surface area contributed by atoms with Crippen molar-refractivity contribution >= 4 is 0 Å². The summed E-state index contributed by atoms with van der Waals surface area (Å²) in [5.41, 5.74) is -0.195. The van der Waals surface area contributed by atoms with E-state index >= 15 is 0 Å². The van der Waals surface area contributed by atoms with E-state index in [1.165, 1.54) is 0 Å². The van der Waals surface area contributed by atoms with Crippen molar-refractivity contribution in [2.24, 2.45) is 5.41 Å². The average molecular weight is 158 g/mol. The molecule has 0 aliphatic carbocycles. The molecule has 0 fully saturated rings. The first-order valence-corrected chi connectivity index (χ1v) is 4.55. The summed E-state index contributed by atoms with van der Waals surface area (Å²) in [6.45, 7) is 10.4. The molecule has 11 heavy (non-hydrogen) atoms. The van der Waals surface area contributed by atoms with E-state index in [-0.39, 0.29) is 0 Å². The Morgan fingerprint density at radius 1 is 1.00 bits per heavy atom. The number of hydrogen-bond donors (Lipinski definition) is 1. The molecular weight excluding hydrogens is 136 g/mol. The third-order valence-electron chi connectivity index (χ3n) is 2.57. The van der Waals surface area contributed by atoms with Crippen molar-refractivity contribution in [3.05, 3.63) is 0 Å². The zero-order chi connectivity index (χ0) is 9.12. The van der Waals surface area contributed by atoms with Crippen LogP contribution < -0.4 is 0 Å². The van der Waals surface area contributed by atoms with Crippen molar-refractivity contribution in [2.75, 3.05) is 0 Å². The van der Waals surface area contributed by atoms with Gasteiger partial charge in [0.05, 0.1) is 5.60 Å². The highest BCUT2D eigenvalue weighted by Gasteiger charge is 2.27. The van der Waals surface area contributed by atoms with Crippen molar-refractivity contribution in [3.63, 3.8) is 0 Å². The second-order valence-corrected chi connectivity index (χ2v) is 4.51. The molecule has 0 aliphatic rings.